The summed E-state index contributed by atoms with van der Waals surface area (Å²) < 4.78 is 37.1. The monoisotopic (exact) mass is 247 g/mol. The van der Waals surface area contributed by atoms with Crippen molar-refractivity contribution in [2.75, 3.05) is 12.3 Å². The van der Waals surface area contributed by atoms with Gasteiger partial charge in [0.25, 0.3) is 0 Å². The molecule has 0 radical (unpaired) electrons. The second kappa shape index (κ2) is 6.06. The molecule has 0 bridgehead atoms. The van der Waals surface area contributed by atoms with Crippen LogP contribution in [0.5, 0.6) is 0 Å². The topological polar surface area (TPSA) is 43.1 Å². The van der Waals surface area contributed by atoms with E-state index in [1.165, 1.54) is 6.07 Å². The van der Waals surface area contributed by atoms with Gasteiger partial charge in [0.1, 0.15) is 0 Å². The highest BCUT2D eigenvalue weighted by molar-refractivity contribution is 7.84. The Labute approximate surface area is 96.3 Å². The van der Waals surface area contributed by atoms with Crippen molar-refractivity contribution >= 4 is 10.8 Å². The molecule has 0 spiro atoms. The van der Waals surface area contributed by atoms with Gasteiger partial charge in [0, 0.05) is 22.3 Å². The van der Waals surface area contributed by atoms with Crippen LogP contribution in [-0.2, 0) is 16.6 Å². The summed E-state index contributed by atoms with van der Waals surface area (Å²) in [6.45, 7) is 2.38. The fraction of sp³-hybridized carbons (Fsp3) is 0.455. The van der Waals surface area contributed by atoms with Crippen LogP contribution in [0.1, 0.15) is 12.5 Å². The van der Waals surface area contributed by atoms with Gasteiger partial charge in [0.05, 0.1) is 0 Å². The summed E-state index contributed by atoms with van der Waals surface area (Å²) in [6.07, 6.45) is 0. The summed E-state index contributed by atoms with van der Waals surface area (Å²) in [6, 6.07) is 3.58. The van der Waals surface area contributed by atoms with Gasteiger partial charge >= 0.3 is 0 Å². The molecule has 0 amide bonds. The van der Waals surface area contributed by atoms with Gasteiger partial charge in [-0.05, 0) is 30.2 Å². The Balaban J connectivity index is 2.59. The van der Waals surface area contributed by atoms with Crippen molar-refractivity contribution in [3.8, 4) is 0 Å². The van der Waals surface area contributed by atoms with Crippen LogP contribution in [0.4, 0.5) is 8.78 Å². The van der Waals surface area contributed by atoms with Crippen LogP contribution in [0, 0.1) is 17.6 Å². The molecule has 0 saturated heterocycles. The zero-order valence-electron chi connectivity index (χ0n) is 9.08. The standard InChI is InChI=1S/C11H15F2NOS/c1-8(5-14)6-16(15)7-9-2-3-10(12)11(13)4-9/h2-4,8H,5-7,14H2,1H3. The maximum absolute atomic E-state index is 12.9. The minimum Gasteiger partial charge on any atom is -0.330 e. The van der Waals surface area contributed by atoms with E-state index < -0.39 is 22.4 Å². The van der Waals surface area contributed by atoms with E-state index >= 15 is 0 Å². The average Bonchev–Trinajstić information content (AvgIpc) is 2.23. The van der Waals surface area contributed by atoms with Crippen LogP contribution in [0.25, 0.3) is 0 Å². The number of hydrogen-bond donors (Lipinski definition) is 1. The Morgan fingerprint density at radius 2 is 2.06 bits per heavy atom. The largest absolute Gasteiger partial charge is 0.330 e. The highest BCUT2D eigenvalue weighted by atomic mass is 32.2. The summed E-state index contributed by atoms with van der Waals surface area (Å²) in [5.41, 5.74) is 5.96. The Morgan fingerprint density at radius 3 is 2.62 bits per heavy atom. The SMILES string of the molecule is CC(CN)CS(=O)Cc1ccc(F)c(F)c1. The van der Waals surface area contributed by atoms with Crippen molar-refractivity contribution in [1.82, 2.24) is 0 Å². The van der Waals surface area contributed by atoms with Crippen LogP contribution in [0.15, 0.2) is 18.2 Å². The number of benzene rings is 1. The molecule has 0 saturated carbocycles. The summed E-state index contributed by atoms with van der Waals surface area (Å²) in [7, 11) is -1.08. The van der Waals surface area contributed by atoms with Crippen molar-refractivity contribution in [3.05, 3.63) is 35.4 Å². The van der Waals surface area contributed by atoms with Crippen LogP contribution in [0.3, 0.4) is 0 Å². The highest BCUT2D eigenvalue weighted by Gasteiger charge is 2.09. The van der Waals surface area contributed by atoms with Gasteiger partial charge in [-0.2, -0.15) is 0 Å². The zero-order chi connectivity index (χ0) is 12.1. The van der Waals surface area contributed by atoms with E-state index in [9.17, 15) is 13.0 Å². The molecule has 5 heteroatoms. The number of halogens is 2. The fourth-order valence-corrected chi connectivity index (χ4v) is 2.70. The molecule has 1 rings (SSSR count). The third-order valence-corrected chi connectivity index (χ3v) is 3.78. The van der Waals surface area contributed by atoms with Crippen molar-refractivity contribution in [1.29, 1.82) is 0 Å². The molecule has 0 aliphatic heterocycles. The highest BCUT2D eigenvalue weighted by Crippen LogP contribution is 2.11. The summed E-state index contributed by atoms with van der Waals surface area (Å²) >= 11 is 0. The van der Waals surface area contributed by atoms with E-state index in [1.54, 1.807) is 0 Å². The molecular formula is C11H15F2NOS. The molecule has 0 fully saturated rings. The van der Waals surface area contributed by atoms with Gasteiger partial charge in [0.2, 0.25) is 0 Å². The summed E-state index contributed by atoms with van der Waals surface area (Å²) in [5, 5.41) is 0. The molecule has 2 atom stereocenters. The van der Waals surface area contributed by atoms with Gasteiger partial charge in [-0.15, -0.1) is 0 Å². The lowest BCUT2D eigenvalue weighted by Gasteiger charge is -2.08. The van der Waals surface area contributed by atoms with Gasteiger partial charge in [-0.25, -0.2) is 8.78 Å². The van der Waals surface area contributed by atoms with E-state index in [0.717, 1.165) is 12.1 Å². The normalized spacial score (nSPS) is 14.8. The maximum atomic E-state index is 12.9. The van der Waals surface area contributed by atoms with Crippen LogP contribution >= 0.6 is 0 Å². The molecule has 2 N–H and O–H groups in total. The van der Waals surface area contributed by atoms with Gasteiger partial charge in [-0.3, -0.25) is 4.21 Å². The number of nitrogens with two attached hydrogens (primary N) is 1. The quantitative estimate of drug-likeness (QED) is 0.862. The van der Waals surface area contributed by atoms with Crippen LogP contribution in [-0.4, -0.2) is 16.5 Å². The van der Waals surface area contributed by atoms with Crippen molar-refractivity contribution in [3.63, 3.8) is 0 Å². The van der Waals surface area contributed by atoms with Crippen LogP contribution < -0.4 is 5.73 Å². The van der Waals surface area contributed by atoms with Gasteiger partial charge in [0.15, 0.2) is 11.6 Å². The van der Waals surface area contributed by atoms with E-state index in [0.29, 0.717) is 17.9 Å². The van der Waals surface area contributed by atoms with E-state index in [4.69, 9.17) is 5.73 Å². The second-order valence-electron chi connectivity index (χ2n) is 3.84. The maximum Gasteiger partial charge on any atom is 0.159 e. The van der Waals surface area contributed by atoms with Gasteiger partial charge < -0.3 is 5.73 Å². The first-order valence-electron chi connectivity index (χ1n) is 5.02. The molecule has 2 nitrogen and oxygen atoms in total. The molecule has 16 heavy (non-hydrogen) atoms. The lowest BCUT2D eigenvalue weighted by atomic mass is 10.2. The van der Waals surface area contributed by atoms with Crippen molar-refractivity contribution < 1.29 is 13.0 Å². The fourth-order valence-electron chi connectivity index (χ4n) is 1.26. The predicted octanol–water partition coefficient (Wildman–Crippen LogP) is 1.81. The Bertz CT molecular complexity index is 384. The van der Waals surface area contributed by atoms with Crippen molar-refractivity contribution in [2.24, 2.45) is 11.7 Å². The minimum atomic E-state index is -1.08. The average molecular weight is 247 g/mol. The van der Waals surface area contributed by atoms with E-state index in [-0.39, 0.29) is 11.7 Å². The molecule has 0 aliphatic carbocycles. The molecule has 1 aromatic rings. The molecule has 90 valence electrons. The second-order valence-corrected chi connectivity index (χ2v) is 5.34. The van der Waals surface area contributed by atoms with Gasteiger partial charge in [-0.1, -0.05) is 13.0 Å². The number of hydrogen-bond acceptors (Lipinski definition) is 2. The molecule has 2 unspecified atom stereocenters. The molecule has 0 aliphatic rings. The Morgan fingerprint density at radius 1 is 1.38 bits per heavy atom. The lowest BCUT2D eigenvalue weighted by Crippen LogP contribution is -2.18. The molecular weight excluding hydrogens is 232 g/mol. The summed E-state index contributed by atoms with van der Waals surface area (Å²) in [4.78, 5) is 0. The Kier molecular flexibility index (Phi) is 5.02. The van der Waals surface area contributed by atoms with Crippen molar-refractivity contribution in [2.45, 2.75) is 12.7 Å². The first-order chi connectivity index (χ1) is 7.52. The zero-order valence-corrected chi connectivity index (χ0v) is 9.90. The third-order valence-electron chi connectivity index (χ3n) is 2.18. The first-order valence-corrected chi connectivity index (χ1v) is 6.50. The first kappa shape index (κ1) is 13.3. The third kappa shape index (κ3) is 3.98. The van der Waals surface area contributed by atoms with E-state index in [1.807, 2.05) is 6.92 Å². The Hall–Kier alpha value is -0.810. The molecule has 0 aromatic heterocycles. The minimum absolute atomic E-state index is 0.172. The van der Waals surface area contributed by atoms with Crippen LogP contribution in [0.2, 0.25) is 0 Å². The summed E-state index contributed by atoms with van der Waals surface area (Å²) in [5.74, 6) is -0.894. The lowest BCUT2D eigenvalue weighted by molar-refractivity contribution is 0.507. The van der Waals surface area contributed by atoms with E-state index in [2.05, 4.69) is 0 Å². The number of rotatable bonds is 5. The smallest absolute Gasteiger partial charge is 0.159 e. The molecule has 1 aromatic carbocycles. The predicted molar refractivity (Wildman–Crippen MR) is 61.3 cm³/mol. The molecule has 0 heterocycles.